The van der Waals surface area contributed by atoms with E-state index < -0.39 is 28.5 Å². The van der Waals surface area contributed by atoms with Gasteiger partial charge in [-0.3, -0.25) is 9.59 Å². The standard InChI is InChI=1S/C24H30Cl3N3O4S/c1-5-16(3)28-24(32)22(6-2)30(14-19-20(26)8-7-9-21(19)27)23(31)15-29(4)35(33,34)18-12-10-17(25)11-13-18/h7-13,16,22H,5-6,14-15H2,1-4H3,(H,28,32)/t16-,22-/m0/s1. The number of amides is 2. The zero-order chi connectivity index (χ0) is 26.3. The lowest BCUT2D eigenvalue weighted by Crippen LogP contribution is -2.53. The highest BCUT2D eigenvalue weighted by Crippen LogP contribution is 2.27. The largest absolute Gasteiger partial charge is 0.352 e. The molecule has 2 aromatic rings. The van der Waals surface area contributed by atoms with Gasteiger partial charge in [-0.15, -0.1) is 0 Å². The first kappa shape index (κ1) is 29.4. The molecule has 0 aromatic heterocycles. The summed E-state index contributed by atoms with van der Waals surface area (Å²) in [6.45, 7) is 5.05. The molecule has 0 radical (unpaired) electrons. The van der Waals surface area contributed by atoms with Crippen molar-refractivity contribution < 1.29 is 18.0 Å². The Morgan fingerprint density at radius 2 is 1.54 bits per heavy atom. The second kappa shape index (κ2) is 12.9. The van der Waals surface area contributed by atoms with E-state index in [4.69, 9.17) is 34.8 Å². The van der Waals surface area contributed by atoms with Crippen molar-refractivity contribution >= 4 is 56.6 Å². The normalized spacial score (nSPS) is 13.4. The molecule has 7 nitrogen and oxygen atoms in total. The van der Waals surface area contributed by atoms with Crippen LogP contribution in [0.2, 0.25) is 15.1 Å². The minimum atomic E-state index is -3.97. The van der Waals surface area contributed by atoms with Crippen molar-refractivity contribution in [3.8, 4) is 0 Å². The smallest absolute Gasteiger partial charge is 0.243 e. The molecule has 11 heteroatoms. The van der Waals surface area contributed by atoms with Gasteiger partial charge in [0.2, 0.25) is 21.8 Å². The predicted octanol–water partition coefficient (Wildman–Crippen LogP) is 4.99. The van der Waals surface area contributed by atoms with Gasteiger partial charge in [0.05, 0.1) is 11.4 Å². The van der Waals surface area contributed by atoms with E-state index in [-0.39, 0.29) is 23.4 Å². The van der Waals surface area contributed by atoms with E-state index >= 15 is 0 Å². The molecule has 192 valence electrons. The van der Waals surface area contributed by atoms with Crippen LogP contribution in [-0.4, -0.2) is 55.1 Å². The lowest BCUT2D eigenvalue weighted by Gasteiger charge is -2.33. The average molecular weight is 563 g/mol. The van der Waals surface area contributed by atoms with Gasteiger partial charge in [0.15, 0.2) is 0 Å². The van der Waals surface area contributed by atoms with E-state index in [1.165, 1.54) is 36.2 Å². The van der Waals surface area contributed by atoms with Crippen molar-refractivity contribution in [3.63, 3.8) is 0 Å². The van der Waals surface area contributed by atoms with Crippen LogP contribution >= 0.6 is 34.8 Å². The number of likely N-dealkylation sites (N-methyl/N-ethyl adjacent to an activating group) is 1. The summed E-state index contributed by atoms with van der Waals surface area (Å²) < 4.78 is 27.0. The number of carbonyl (C=O) groups is 2. The average Bonchev–Trinajstić information content (AvgIpc) is 2.80. The lowest BCUT2D eigenvalue weighted by atomic mass is 10.1. The third-order valence-electron chi connectivity index (χ3n) is 5.66. The monoisotopic (exact) mass is 561 g/mol. The second-order valence-corrected chi connectivity index (χ2v) is 11.5. The van der Waals surface area contributed by atoms with Crippen LogP contribution in [0.25, 0.3) is 0 Å². The Kier molecular flexibility index (Phi) is 10.9. The first-order valence-corrected chi connectivity index (χ1v) is 13.7. The number of nitrogens with zero attached hydrogens (tertiary/aromatic N) is 2. The summed E-state index contributed by atoms with van der Waals surface area (Å²) in [4.78, 5) is 27.9. The Balaban J connectivity index is 2.39. The number of carbonyl (C=O) groups excluding carboxylic acids is 2. The van der Waals surface area contributed by atoms with Gasteiger partial charge in [-0.1, -0.05) is 54.7 Å². The molecule has 0 saturated carbocycles. The molecule has 0 bridgehead atoms. The van der Waals surface area contributed by atoms with Crippen molar-refractivity contribution in [2.75, 3.05) is 13.6 Å². The lowest BCUT2D eigenvalue weighted by molar-refractivity contribution is -0.141. The third kappa shape index (κ3) is 7.57. The summed E-state index contributed by atoms with van der Waals surface area (Å²) in [5.74, 6) is -0.895. The highest BCUT2D eigenvalue weighted by Gasteiger charge is 2.33. The maximum Gasteiger partial charge on any atom is 0.243 e. The number of sulfonamides is 1. The number of hydrogen-bond donors (Lipinski definition) is 1. The summed E-state index contributed by atoms with van der Waals surface area (Å²) in [5.41, 5.74) is 0.474. The highest BCUT2D eigenvalue weighted by atomic mass is 35.5. The maximum atomic E-state index is 13.5. The minimum absolute atomic E-state index is 0.000506. The SMILES string of the molecule is CC[C@H](C)NC(=O)[C@H](CC)N(Cc1c(Cl)cccc1Cl)C(=O)CN(C)S(=O)(=O)c1ccc(Cl)cc1. The molecule has 0 fully saturated rings. The molecule has 0 spiro atoms. The molecule has 1 N–H and O–H groups in total. The minimum Gasteiger partial charge on any atom is -0.352 e. The summed E-state index contributed by atoms with van der Waals surface area (Å²) in [6, 6.07) is 9.68. The van der Waals surface area contributed by atoms with Crippen LogP contribution in [0.5, 0.6) is 0 Å². The first-order chi connectivity index (χ1) is 16.4. The Morgan fingerprint density at radius 1 is 0.971 bits per heavy atom. The van der Waals surface area contributed by atoms with Crippen LogP contribution < -0.4 is 5.32 Å². The third-order valence-corrected chi connectivity index (χ3v) is 8.43. The molecule has 0 unspecified atom stereocenters. The topological polar surface area (TPSA) is 86.8 Å². The van der Waals surface area contributed by atoms with Gasteiger partial charge in [0.1, 0.15) is 6.04 Å². The summed E-state index contributed by atoms with van der Waals surface area (Å²) in [7, 11) is -2.67. The van der Waals surface area contributed by atoms with Gasteiger partial charge in [-0.05, 0) is 56.2 Å². The van der Waals surface area contributed by atoms with Crippen LogP contribution in [-0.2, 0) is 26.2 Å². The van der Waals surface area contributed by atoms with Gasteiger partial charge < -0.3 is 10.2 Å². The molecule has 2 atom stereocenters. The van der Waals surface area contributed by atoms with Crippen molar-refractivity contribution in [2.24, 2.45) is 0 Å². The molecule has 0 aliphatic heterocycles. The molecular formula is C24H30Cl3N3O4S. The Hall–Kier alpha value is -1.84. The molecule has 2 rings (SSSR count). The van der Waals surface area contributed by atoms with E-state index in [0.717, 1.165) is 4.31 Å². The van der Waals surface area contributed by atoms with Crippen molar-refractivity contribution in [3.05, 3.63) is 63.1 Å². The molecule has 35 heavy (non-hydrogen) atoms. The first-order valence-electron chi connectivity index (χ1n) is 11.2. The van der Waals surface area contributed by atoms with Gasteiger partial charge >= 0.3 is 0 Å². The van der Waals surface area contributed by atoms with E-state index in [2.05, 4.69) is 5.32 Å². The fraction of sp³-hybridized carbons (Fsp3) is 0.417. The zero-order valence-corrected chi connectivity index (χ0v) is 23.2. The quantitative estimate of drug-likeness (QED) is 0.418. The Morgan fingerprint density at radius 3 is 2.06 bits per heavy atom. The van der Waals surface area contributed by atoms with Crippen LogP contribution in [0, 0.1) is 0 Å². The van der Waals surface area contributed by atoms with Crippen LogP contribution in [0.4, 0.5) is 0 Å². The zero-order valence-electron chi connectivity index (χ0n) is 20.1. The van der Waals surface area contributed by atoms with Crippen molar-refractivity contribution in [1.82, 2.24) is 14.5 Å². The van der Waals surface area contributed by atoms with E-state index in [1.54, 1.807) is 25.1 Å². The summed E-state index contributed by atoms with van der Waals surface area (Å²) >= 11 is 18.6. The summed E-state index contributed by atoms with van der Waals surface area (Å²) in [6.07, 6.45) is 1.03. The van der Waals surface area contributed by atoms with Gasteiger partial charge in [0, 0.05) is 40.3 Å². The molecular weight excluding hydrogens is 533 g/mol. The number of benzene rings is 2. The maximum absolute atomic E-state index is 13.5. The van der Waals surface area contributed by atoms with Crippen molar-refractivity contribution in [2.45, 2.75) is 57.1 Å². The van der Waals surface area contributed by atoms with Crippen LogP contribution in [0.3, 0.4) is 0 Å². The fourth-order valence-electron chi connectivity index (χ4n) is 3.37. The number of halogens is 3. The van der Waals surface area contributed by atoms with Crippen LogP contribution in [0.15, 0.2) is 47.4 Å². The van der Waals surface area contributed by atoms with Gasteiger partial charge in [0.25, 0.3) is 0 Å². The molecule has 2 aromatic carbocycles. The van der Waals surface area contributed by atoms with Crippen LogP contribution in [0.1, 0.15) is 39.2 Å². The van der Waals surface area contributed by atoms with E-state index in [0.29, 0.717) is 33.5 Å². The molecule has 0 heterocycles. The highest BCUT2D eigenvalue weighted by molar-refractivity contribution is 7.89. The Labute approximate surface area is 222 Å². The van der Waals surface area contributed by atoms with Gasteiger partial charge in [-0.2, -0.15) is 4.31 Å². The number of hydrogen-bond acceptors (Lipinski definition) is 4. The number of rotatable bonds is 11. The number of nitrogens with one attached hydrogen (secondary N) is 1. The molecule has 0 saturated heterocycles. The predicted molar refractivity (Wildman–Crippen MR) is 140 cm³/mol. The second-order valence-electron chi connectivity index (χ2n) is 8.18. The molecule has 0 aliphatic carbocycles. The summed E-state index contributed by atoms with van der Waals surface area (Å²) in [5, 5.41) is 3.98. The Bertz CT molecular complexity index is 1120. The van der Waals surface area contributed by atoms with E-state index in [1.807, 2.05) is 13.8 Å². The molecule has 2 amide bonds. The van der Waals surface area contributed by atoms with Gasteiger partial charge in [-0.25, -0.2) is 8.42 Å². The molecule has 0 aliphatic rings. The van der Waals surface area contributed by atoms with E-state index in [9.17, 15) is 18.0 Å². The fourth-order valence-corrected chi connectivity index (χ4v) is 5.13. The van der Waals surface area contributed by atoms with Crippen molar-refractivity contribution in [1.29, 1.82) is 0 Å².